The van der Waals surface area contributed by atoms with E-state index < -0.39 is 48.5 Å². The summed E-state index contributed by atoms with van der Waals surface area (Å²) in [5.41, 5.74) is -0.336. The summed E-state index contributed by atoms with van der Waals surface area (Å²) < 4.78 is 31.9. The normalized spacial score (nSPS) is 22.9. The van der Waals surface area contributed by atoms with Crippen molar-refractivity contribution in [1.29, 1.82) is 0 Å². The molecule has 1 aliphatic heterocycles. The molecular formula is C15H16F2N2O5. The lowest BCUT2D eigenvalue weighted by Crippen LogP contribution is -2.50. The number of hydrogen-bond donors (Lipinski definition) is 4. The van der Waals surface area contributed by atoms with Crippen LogP contribution < -0.4 is 10.6 Å². The lowest BCUT2D eigenvalue weighted by molar-refractivity contribution is -0.141. The Morgan fingerprint density at radius 3 is 2.67 bits per heavy atom. The summed E-state index contributed by atoms with van der Waals surface area (Å²) in [6, 6.07) is 1.04. The van der Waals surface area contributed by atoms with E-state index in [-0.39, 0.29) is 12.1 Å². The fraction of sp³-hybridized carbons (Fsp3) is 0.333. The molecule has 0 aromatic heterocycles. The molecule has 24 heavy (non-hydrogen) atoms. The molecule has 1 heterocycles. The molecule has 0 radical (unpaired) electrons. The molecule has 4 N–H and O–H groups in total. The van der Waals surface area contributed by atoms with E-state index >= 15 is 0 Å². The predicted octanol–water partition coefficient (Wildman–Crippen LogP) is 1.25. The number of urea groups is 1. The number of amides is 2. The highest BCUT2D eigenvalue weighted by atomic mass is 19.1. The summed E-state index contributed by atoms with van der Waals surface area (Å²) in [6.45, 7) is -0.459. The van der Waals surface area contributed by atoms with Gasteiger partial charge in [0.05, 0.1) is 30.9 Å². The SMILES string of the molecule is O=C(O)C[C@@H]1C=C[C@@H](NC(=O)Nc2cc(F)ccc2F)[C@H](CO)O1. The third kappa shape index (κ3) is 4.74. The van der Waals surface area contributed by atoms with Crippen LogP contribution in [0.1, 0.15) is 6.42 Å². The Labute approximate surface area is 135 Å². The maximum Gasteiger partial charge on any atom is 0.319 e. The van der Waals surface area contributed by atoms with E-state index in [4.69, 9.17) is 9.84 Å². The first-order valence-electron chi connectivity index (χ1n) is 7.08. The average molecular weight is 342 g/mol. The topological polar surface area (TPSA) is 108 Å². The highest BCUT2D eigenvalue weighted by Crippen LogP contribution is 2.17. The number of carboxylic acids is 1. The van der Waals surface area contributed by atoms with Gasteiger partial charge in [0.1, 0.15) is 17.7 Å². The first-order valence-corrected chi connectivity index (χ1v) is 7.08. The summed E-state index contributed by atoms with van der Waals surface area (Å²) in [6.07, 6.45) is 1.08. The number of carbonyl (C=O) groups excluding carboxylic acids is 1. The fourth-order valence-electron chi connectivity index (χ4n) is 2.21. The van der Waals surface area contributed by atoms with Crippen molar-refractivity contribution >= 4 is 17.7 Å². The molecule has 0 fully saturated rings. The number of rotatable bonds is 5. The van der Waals surface area contributed by atoms with Crippen LogP contribution >= 0.6 is 0 Å². The van der Waals surface area contributed by atoms with Gasteiger partial charge < -0.3 is 25.6 Å². The van der Waals surface area contributed by atoms with Crippen molar-refractivity contribution in [3.63, 3.8) is 0 Å². The van der Waals surface area contributed by atoms with Crippen LogP contribution in [0.2, 0.25) is 0 Å². The van der Waals surface area contributed by atoms with Gasteiger partial charge in [0.2, 0.25) is 0 Å². The van der Waals surface area contributed by atoms with E-state index in [1.165, 1.54) is 12.2 Å². The van der Waals surface area contributed by atoms with Crippen molar-refractivity contribution in [2.75, 3.05) is 11.9 Å². The van der Waals surface area contributed by atoms with Gasteiger partial charge in [-0.2, -0.15) is 0 Å². The molecule has 2 amide bonds. The second-order valence-corrected chi connectivity index (χ2v) is 5.13. The van der Waals surface area contributed by atoms with Crippen LogP contribution in [-0.4, -0.2) is 47.1 Å². The molecule has 0 spiro atoms. The Morgan fingerprint density at radius 1 is 1.25 bits per heavy atom. The molecule has 7 nitrogen and oxygen atoms in total. The van der Waals surface area contributed by atoms with Gasteiger partial charge in [-0.1, -0.05) is 12.2 Å². The Balaban J connectivity index is 2.00. The molecule has 1 aromatic rings. The van der Waals surface area contributed by atoms with Gasteiger partial charge in [0.15, 0.2) is 0 Å². The Morgan fingerprint density at radius 2 is 2.00 bits per heavy atom. The third-order valence-electron chi connectivity index (χ3n) is 3.31. The molecule has 2 rings (SSSR count). The zero-order chi connectivity index (χ0) is 17.7. The quantitative estimate of drug-likeness (QED) is 0.602. The molecule has 1 aliphatic rings. The van der Waals surface area contributed by atoms with Crippen LogP contribution in [-0.2, 0) is 9.53 Å². The molecule has 0 bridgehead atoms. The Kier molecular flexibility index (Phi) is 5.83. The largest absolute Gasteiger partial charge is 0.481 e. The summed E-state index contributed by atoms with van der Waals surface area (Å²) in [7, 11) is 0. The summed E-state index contributed by atoms with van der Waals surface area (Å²) in [5.74, 6) is -2.58. The number of benzene rings is 1. The molecule has 0 aliphatic carbocycles. The lowest BCUT2D eigenvalue weighted by atomic mass is 10.1. The van der Waals surface area contributed by atoms with Crippen molar-refractivity contribution in [3.8, 4) is 0 Å². The Bertz CT molecular complexity index is 653. The van der Waals surface area contributed by atoms with Crippen LogP contribution in [0.15, 0.2) is 30.4 Å². The third-order valence-corrected chi connectivity index (χ3v) is 3.31. The van der Waals surface area contributed by atoms with Crippen LogP contribution in [0.4, 0.5) is 19.3 Å². The fourth-order valence-corrected chi connectivity index (χ4v) is 2.21. The highest BCUT2D eigenvalue weighted by molar-refractivity contribution is 5.89. The lowest BCUT2D eigenvalue weighted by Gasteiger charge is -2.31. The maximum absolute atomic E-state index is 13.5. The van der Waals surface area contributed by atoms with Gasteiger partial charge in [-0.05, 0) is 12.1 Å². The first kappa shape index (κ1) is 17.8. The van der Waals surface area contributed by atoms with Crippen LogP contribution in [0.25, 0.3) is 0 Å². The summed E-state index contributed by atoms with van der Waals surface area (Å²) in [5, 5.41) is 22.6. The number of nitrogens with one attached hydrogen (secondary N) is 2. The van der Waals surface area contributed by atoms with Gasteiger partial charge in [-0.15, -0.1) is 0 Å². The van der Waals surface area contributed by atoms with Gasteiger partial charge in [-0.25, -0.2) is 13.6 Å². The van der Waals surface area contributed by atoms with Gasteiger partial charge in [0, 0.05) is 6.07 Å². The van der Waals surface area contributed by atoms with E-state index in [1.54, 1.807) is 0 Å². The Hall–Kier alpha value is -2.52. The van der Waals surface area contributed by atoms with E-state index in [0.29, 0.717) is 0 Å². The molecule has 1 aromatic carbocycles. The molecule has 0 saturated heterocycles. The van der Waals surface area contributed by atoms with Gasteiger partial charge in [0.25, 0.3) is 0 Å². The van der Waals surface area contributed by atoms with Crippen LogP contribution in [0, 0.1) is 11.6 Å². The molecular weight excluding hydrogens is 326 g/mol. The van der Waals surface area contributed by atoms with E-state index in [0.717, 1.165) is 18.2 Å². The second-order valence-electron chi connectivity index (χ2n) is 5.13. The van der Waals surface area contributed by atoms with Crippen LogP contribution in [0.5, 0.6) is 0 Å². The number of aliphatic hydroxyl groups excluding tert-OH is 1. The molecule has 0 unspecified atom stereocenters. The summed E-state index contributed by atoms with van der Waals surface area (Å²) >= 11 is 0. The molecule has 130 valence electrons. The molecule has 0 saturated carbocycles. The number of aliphatic hydroxyl groups is 1. The maximum atomic E-state index is 13.5. The zero-order valence-electron chi connectivity index (χ0n) is 12.4. The predicted molar refractivity (Wildman–Crippen MR) is 79.4 cm³/mol. The number of ether oxygens (including phenoxy) is 1. The minimum absolute atomic E-state index is 0.277. The molecule has 3 atom stereocenters. The molecule has 9 heteroatoms. The second kappa shape index (κ2) is 7.84. The average Bonchev–Trinajstić information content (AvgIpc) is 2.51. The van der Waals surface area contributed by atoms with Crippen molar-refractivity contribution in [2.45, 2.75) is 24.7 Å². The smallest absolute Gasteiger partial charge is 0.319 e. The van der Waals surface area contributed by atoms with Gasteiger partial charge >= 0.3 is 12.0 Å². The van der Waals surface area contributed by atoms with Crippen molar-refractivity contribution < 1.29 is 33.3 Å². The van der Waals surface area contributed by atoms with E-state index in [9.17, 15) is 23.5 Å². The minimum atomic E-state index is -1.06. The van der Waals surface area contributed by atoms with Crippen molar-refractivity contribution in [1.82, 2.24) is 5.32 Å². The number of halogens is 2. The van der Waals surface area contributed by atoms with Crippen molar-refractivity contribution in [3.05, 3.63) is 42.0 Å². The monoisotopic (exact) mass is 342 g/mol. The number of anilines is 1. The van der Waals surface area contributed by atoms with E-state index in [2.05, 4.69) is 10.6 Å². The highest BCUT2D eigenvalue weighted by Gasteiger charge is 2.29. The number of carboxylic acid groups (broad SMARTS) is 1. The number of aliphatic carboxylic acids is 1. The zero-order valence-corrected chi connectivity index (χ0v) is 12.4. The first-order chi connectivity index (χ1) is 11.4. The van der Waals surface area contributed by atoms with Crippen LogP contribution in [0.3, 0.4) is 0 Å². The minimum Gasteiger partial charge on any atom is -0.481 e. The summed E-state index contributed by atoms with van der Waals surface area (Å²) in [4.78, 5) is 22.6. The number of carbonyl (C=O) groups is 2. The number of hydrogen-bond acceptors (Lipinski definition) is 4. The van der Waals surface area contributed by atoms with Crippen molar-refractivity contribution in [2.24, 2.45) is 0 Å². The van der Waals surface area contributed by atoms with E-state index in [1.807, 2.05) is 0 Å². The standard InChI is InChI=1S/C15H16F2N2O5/c16-8-1-3-10(17)12(5-8)19-15(23)18-11-4-2-9(6-14(21)22)24-13(11)7-20/h1-5,9,11,13,20H,6-7H2,(H,21,22)(H2,18,19,23)/t9-,11+,13-/m0/s1. The van der Waals surface area contributed by atoms with Gasteiger partial charge in [-0.3, -0.25) is 4.79 Å².